The Morgan fingerprint density at radius 2 is 1.88 bits per heavy atom. The summed E-state index contributed by atoms with van der Waals surface area (Å²) in [6.07, 6.45) is 6.45. The van der Waals surface area contributed by atoms with Crippen LogP contribution in [0.1, 0.15) is 51.8 Å². The van der Waals surface area contributed by atoms with Gasteiger partial charge in [0, 0.05) is 17.3 Å². The summed E-state index contributed by atoms with van der Waals surface area (Å²) in [5.41, 5.74) is 2.83. The van der Waals surface area contributed by atoms with Crippen LogP contribution in [0.15, 0.2) is 6.33 Å². The summed E-state index contributed by atoms with van der Waals surface area (Å²) >= 11 is 0. The average molecular weight is 233 g/mol. The second-order valence-electron chi connectivity index (χ2n) is 6.09. The van der Waals surface area contributed by atoms with Crippen molar-refractivity contribution in [2.75, 3.05) is 5.32 Å². The lowest BCUT2D eigenvalue weighted by Gasteiger charge is -2.30. The molecule has 1 aromatic heterocycles. The molecule has 3 heteroatoms. The third-order valence-corrected chi connectivity index (χ3v) is 3.78. The van der Waals surface area contributed by atoms with E-state index in [1.165, 1.54) is 24.1 Å². The summed E-state index contributed by atoms with van der Waals surface area (Å²) in [5.74, 6) is 1.05. The number of rotatable bonds is 2. The molecule has 1 heterocycles. The predicted molar refractivity (Wildman–Crippen MR) is 71.2 cm³/mol. The van der Waals surface area contributed by atoms with Gasteiger partial charge in [0.15, 0.2) is 0 Å². The van der Waals surface area contributed by atoms with Gasteiger partial charge in [0.1, 0.15) is 12.1 Å². The highest BCUT2D eigenvalue weighted by Crippen LogP contribution is 2.27. The molecule has 0 amide bonds. The number of anilines is 1. The van der Waals surface area contributed by atoms with Crippen LogP contribution < -0.4 is 5.32 Å². The molecule has 1 atom stereocenters. The molecule has 1 aliphatic rings. The van der Waals surface area contributed by atoms with E-state index in [9.17, 15) is 0 Å². The molecule has 0 saturated carbocycles. The molecule has 0 aromatic carbocycles. The van der Waals surface area contributed by atoms with Gasteiger partial charge in [0.25, 0.3) is 0 Å². The van der Waals surface area contributed by atoms with Crippen LogP contribution in [0.5, 0.6) is 0 Å². The molecule has 1 N–H and O–H groups in total. The number of hydrogen-bond donors (Lipinski definition) is 1. The molecular formula is C14H23N3. The van der Waals surface area contributed by atoms with Crippen molar-refractivity contribution in [2.24, 2.45) is 5.41 Å². The summed E-state index contributed by atoms with van der Waals surface area (Å²) in [4.78, 5) is 8.82. The highest BCUT2D eigenvalue weighted by Gasteiger charge is 2.22. The number of fused-ring (bicyclic) bond motifs is 1. The van der Waals surface area contributed by atoms with Crippen LogP contribution in [0.2, 0.25) is 0 Å². The first-order chi connectivity index (χ1) is 7.98. The van der Waals surface area contributed by atoms with E-state index in [0.29, 0.717) is 6.04 Å². The number of nitrogens with zero attached hydrogens (tertiary/aromatic N) is 2. The summed E-state index contributed by atoms with van der Waals surface area (Å²) in [6.45, 7) is 8.96. The van der Waals surface area contributed by atoms with Gasteiger partial charge in [-0.3, -0.25) is 0 Å². The van der Waals surface area contributed by atoms with Crippen LogP contribution in [0, 0.1) is 5.41 Å². The van der Waals surface area contributed by atoms with Crippen molar-refractivity contribution >= 4 is 5.82 Å². The Balaban J connectivity index is 2.22. The van der Waals surface area contributed by atoms with Crippen molar-refractivity contribution in [1.82, 2.24) is 9.97 Å². The van der Waals surface area contributed by atoms with Crippen molar-refractivity contribution in [1.29, 1.82) is 0 Å². The monoisotopic (exact) mass is 233 g/mol. The van der Waals surface area contributed by atoms with Gasteiger partial charge in [-0.2, -0.15) is 0 Å². The molecule has 0 saturated heterocycles. The fourth-order valence-corrected chi connectivity index (χ4v) is 2.07. The zero-order valence-corrected chi connectivity index (χ0v) is 11.4. The van der Waals surface area contributed by atoms with E-state index in [2.05, 4.69) is 43.0 Å². The molecule has 0 aliphatic heterocycles. The normalized spacial score (nSPS) is 17.4. The molecule has 0 fully saturated rings. The minimum Gasteiger partial charge on any atom is -0.367 e. The summed E-state index contributed by atoms with van der Waals surface area (Å²) < 4.78 is 0. The van der Waals surface area contributed by atoms with Gasteiger partial charge in [0.2, 0.25) is 0 Å². The first-order valence-electron chi connectivity index (χ1n) is 6.58. The molecule has 1 unspecified atom stereocenters. The van der Waals surface area contributed by atoms with Crippen molar-refractivity contribution in [3.05, 3.63) is 17.6 Å². The quantitative estimate of drug-likeness (QED) is 0.852. The van der Waals surface area contributed by atoms with E-state index in [0.717, 1.165) is 18.7 Å². The minimum atomic E-state index is 0.243. The Morgan fingerprint density at radius 3 is 2.59 bits per heavy atom. The first-order valence-corrected chi connectivity index (χ1v) is 6.58. The fourth-order valence-electron chi connectivity index (χ4n) is 2.07. The maximum atomic E-state index is 4.42. The molecule has 17 heavy (non-hydrogen) atoms. The van der Waals surface area contributed by atoms with Crippen LogP contribution in [0.4, 0.5) is 5.82 Å². The molecule has 1 aliphatic carbocycles. The van der Waals surface area contributed by atoms with Crippen molar-refractivity contribution in [3.63, 3.8) is 0 Å². The second-order valence-corrected chi connectivity index (χ2v) is 6.09. The zero-order valence-electron chi connectivity index (χ0n) is 11.4. The number of aromatic nitrogens is 2. The maximum absolute atomic E-state index is 4.42. The maximum Gasteiger partial charge on any atom is 0.133 e. The van der Waals surface area contributed by atoms with E-state index in [1.54, 1.807) is 6.33 Å². The van der Waals surface area contributed by atoms with Gasteiger partial charge in [-0.1, -0.05) is 20.8 Å². The smallest absolute Gasteiger partial charge is 0.133 e. The van der Waals surface area contributed by atoms with E-state index < -0.39 is 0 Å². The van der Waals surface area contributed by atoms with E-state index in [1.807, 2.05) is 0 Å². The highest BCUT2D eigenvalue weighted by atomic mass is 15.0. The number of nitrogens with one attached hydrogen (secondary N) is 1. The Morgan fingerprint density at radius 1 is 1.18 bits per heavy atom. The van der Waals surface area contributed by atoms with Crippen LogP contribution in [-0.2, 0) is 12.8 Å². The topological polar surface area (TPSA) is 37.8 Å². The molecule has 0 radical (unpaired) electrons. The Hall–Kier alpha value is -1.12. The van der Waals surface area contributed by atoms with Crippen molar-refractivity contribution < 1.29 is 0 Å². The molecule has 2 rings (SSSR count). The van der Waals surface area contributed by atoms with Crippen LogP contribution in [0.3, 0.4) is 0 Å². The lowest BCUT2D eigenvalue weighted by Crippen LogP contribution is -2.32. The number of aryl methyl sites for hydroxylation is 1. The predicted octanol–water partition coefficient (Wildman–Crippen LogP) is 3.20. The third kappa shape index (κ3) is 2.76. The van der Waals surface area contributed by atoms with Crippen molar-refractivity contribution in [2.45, 2.75) is 59.4 Å². The minimum absolute atomic E-state index is 0.243. The first kappa shape index (κ1) is 12.3. The lowest BCUT2D eigenvalue weighted by atomic mass is 9.87. The molecule has 1 aromatic rings. The lowest BCUT2D eigenvalue weighted by molar-refractivity contribution is 0.358. The van der Waals surface area contributed by atoms with Gasteiger partial charge < -0.3 is 5.32 Å². The average Bonchev–Trinajstić information content (AvgIpc) is 2.28. The molecule has 0 spiro atoms. The summed E-state index contributed by atoms with van der Waals surface area (Å²) in [7, 11) is 0. The zero-order chi connectivity index (χ0) is 12.5. The molecule has 94 valence electrons. The summed E-state index contributed by atoms with van der Waals surface area (Å²) in [5, 5.41) is 3.56. The third-order valence-electron chi connectivity index (χ3n) is 3.78. The Labute approximate surface area is 104 Å². The van der Waals surface area contributed by atoms with Crippen LogP contribution >= 0.6 is 0 Å². The van der Waals surface area contributed by atoms with Crippen LogP contribution in [0.25, 0.3) is 0 Å². The second kappa shape index (κ2) is 4.63. The van der Waals surface area contributed by atoms with Crippen LogP contribution in [-0.4, -0.2) is 16.0 Å². The number of hydrogen-bond acceptors (Lipinski definition) is 3. The van der Waals surface area contributed by atoms with E-state index in [4.69, 9.17) is 0 Å². The molecular weight excluding hydrogens is 210 g/mol. The fraction of sp³-hybridized carbons (Fsp3) is 0.714. The van der Waals surface area contributed by atoms with Gasteiger partial charge in [-0.25, -0.2) is 9.97 Å². The Kier molecular flexibility index (Phi) is 3.36. The van der Waals surface area contributed by atoms with Gasteiger partial charge in [-0.05, 0) is 38.0 Å². The SMILES string of the molecule is CC(Nc1ncnc2c1CCCC2)C(C)(C)C. The molecule has 0 bridgehead atoms. The van der Waals surface area contributed by atoms with E-state index >= 15 is 0 Å². The molecule has 3 nitrogen and oxygen atoms in total. The van der Waals surface area contributed by atoms with Gasteiger partial charge in [-0.15, -0.1) is 0 Å². The summed E-state index contributed by atoms with van der Waals surface area (Å²) in [6, 6.07) is 0.406. The largest absolute Gasteiger partial charge is 0.367 e. The van der Waals surface area contributed by atoms with E-state index in [-0.39, 0.29) is 5.41 Å². The van der Waals surface area contributed by atoms with Gasteiger partial charge in [0.05, 0.1) is 0 Å². The van der Waals surface area contributed by atoms with Crippen molar-refractivity contribution in [3.8, 4) is 0 Å². The van der Waals surface area contributed by atoms with Gasteiger partial charge >= 0.3 is 0 Å². The highest BCUT2D eigenvalue weighted by molar-refractivity contribution is 5.47. The Bertz CT molecular complexity index is 393. The standard InChI is InChI=1S/C14H23N3/c1-10(14(2,3)4)17-13-11-7-5-6-8-12(11)15-9-16-13/h9-10H,5-8H2,1-4H3,(H,15,16,17).